The van der Waals surface area contributed by atoms with Gasteiger partial charge in [0.15, 0.2) is 0 Å². The maximum Gasteiger partial charge on any atom is 0.315 e. The average Bonchev–Trinajstić information content (AvgIpc) is 3.17. The van der Waals surface area contributed by atoms with Crippen molar-refractivity contribution in [1.82, 2.24) is 15.6 Å². The van der Waals surface area contributed by atoms with Gasteiger partial charge < -0.3 is 20.4 Å². The van der Waals surface area contributed by atoms with Crippen LogP contribution in [0.4, 0.5) is 4.79 Å². The predicted molar refractivity (Wildman–Crippen MR) is 97.9 cm³/mol. The van der Waals surface area contributed by atoms with E-state index in [0.29, 0.717) is 6.54 Å². The van der Waals surface area contributed by atoms with Crippen LogP contribution in [0.1, 0.15) is 16.8 Å². The van der Waals surface area contributed by atoms with Crippen molar-refractivity contribution >= 4 is 16.9 Å². The smallest absolute Gasteiger partial charge is 0.315 e. The summed E-state index contributed by atoms with van der Waals surface area (Å²) in [4.78, 5) is 15.6. The molecule has 5 heteroatoms. The van der Waals surface area contributed by atoms with Gasteiger partial charge in [-0.05, 0) is 35.7 Å². The van der Waals surface area contributed by atoms with Gasteiger partial charge in [0.2, 0.25) is 0 Å². The standard InChI is InChI=1S/C20H21N3O2/c1-25-15-7-8-18-17(11-15)16-9-14(10-19(16)23-18)22-20(24)21-12-13-5-3-2-4-6-13/h2-8,11,14,23H,9-10,12H2,1H3,(H2,21,22,24). The molecular weight excluding hydrogens is 314 g/mol. The van der Waals surface area contributed by atoms with Gasteiger partial charge in [-0.3, -0.25) is 0 Å². The minimum absolute atomic E-state index is 0.118. The first-order valence-electron chi connectivity index (χ1n) is 8.48. The molecule has 0 bridgehead atoms. The highest BCUT2D eigenvalue weighted by Gasteiger charge is 2.26. The van der Waals surface area contributed by atoms with Crippen LogP contribution in [0.15, 0.2) is 48.5 Å². The minimum atomic E-state index is -0.124. The van der Waals surface area contributed by atoms with Crippen molar-refractivity contribution in [2.24, 2.45) is 0 Å². The fraction of sp³-hybridized carbons (Fsp3) is 0.250. The van der Waals surface area contributed by atoms with E-state index in [2.05, 4.69) is 21.7 Å². The molecule has 1 aliphatic carbocycles. The van der Waals surface area contributed by atoms with Gasteiger partial charge in [0.05, 0.1) is 7.11 Å². The maximum absolute atomic E-state index is 12.2. The van der Waals surface area contributed by atoms with Crippen LogP contribution in [0.3, 0.4) is 0 Å². The molecule has 4 rings (SSSR count). The molecule has 1 heterocycles. The number of benzene rings is 2. The number of H-pyrrole nitrogens is 1. The van der Waals surface area contributed by atoms with Gasteiger partial charge in [0, 0.05) is 35.6 Å². The van der Waals surface area contributed by atoms with Gasteiger partial charge in [0.25, 0.3) is 0 Å². The van der Waals surface area contributed by atoms with Gasteiger partial charge in [-0.1, -0.05) is 30.3 Å². The molecule has 0 saturated heterocycles. The normalized spacial score (nSPS) is 15.8. The summed E-state index contributed by atoms with van der Waals surface area (Å²) in [6, 6.07) is 16.0. The summed E-state index contributed by atoms with van der Waals surface area (Å²) in [7, 11) is 1.68. The van der Waals surface area contributed by atoms with Crippen molar-refractivity contribution < 1.29 is 9.53 Å². The molecule has 0 radical (unpaired) electrons. The topological polar surface area (TPSA) is 66.1 Å². The van der Waals surface area contributed by atoms with Crippen molar-refractivity contribution in [1.29, 1.82) is 0 Å². The molecule has 128 valence electrons. The highest BCUT2D eigenvalue weighted by molar-refractivity contribution is 5.87. The molecule has 0 aliphatic heterocycles. The number of hydrogen-bond acceptors (Lipinski definition) is 2. The number of carbonyl (C=O) groups is 1. The van der Waals surface area contributed by atoms with E-state index in [1.54, 1.807) is 7.11 Å². The third-order valence-corrected chi connectivity index (χ3v) is 4.73. The third kappa shape index (κ3) is 3.18. The zero-order valence-corrected chi connectivity index (χ0v) is 14.1. The molecule has 1 aromatic heterocycles. The molecule has 2 aromatic carbocycles. The SMILES string of the molecule is COc1ccc2[nH]c3c(c2c1)CC(NC(=O)NCc1ccccc1)C3. The van der Waals surface area contributed by atoms with Crippen LogP contribution in [-0.2, 0) is 19.4 Å². The monoisotopic (exact) mass is 335 g/mol. The van der Waals surface area contributed by atoms with Crippen molar-refractivity contribution in [2.45, 2.75) is 25.4 Å². The summed E-state index contributed by atoms with van der Waals surface area (Å²) >= 11 is 0. The number of aromatic nitrogens is 1. The first kappa shape index (κ1) is 15.6. The first-order chi connectivity index (χ1) is 12.2. The first-order valence-corrected chi connectivity index (χ1v) is 8.48. The molecule has 3 aromatic rings. The Bertz CT molecular complexity index is 902. The number of aromatic amines is 1. The van der Waals surface area contributed by atoms with E-state index in [1.165, 1.54) is 16.6 Å². The zero-order chi connectivity index (χ0) is 17.2. The number of methoxy groups -OCH3 is 1. The highest BCUT2D eigenvalue weighted by atomic mass is 16.5. The minimum Gasteiger partial charge on any atom is -0.497 e. The van der Waals surface area contributed by atoms with Crippen molar-refractivity contribution in [3.8, 4) is 5.75 Å². The molecule has 25 heavy (non-hydrogen) atoms. The number of rotatable bonds is 4. The molecule has 1 unspecified atom stereocenters. The van der Waals surface area contributed by atoms with Crippen LogP contribution < -0.4 is 15.4 Å². The van der Waals surface area contributed by atoms with Crippen LogP contribution in [0.2, 0.25) is 0 Å². The third-order valence-electron chi connectivity index (χ3n) is 4.73. The van der Waals surface area contributed by atoms with E-state index < -0.39 is 0 Å². The van der Waals surface area contributed by atoms with Crippen LogP contribution in [0.25, 0.3) is 10.9 Å². The largest absolute Gasteiger partial charge is 0.497 e. The average molecular weight is 335 g/mol. The summed E-state index contributed by atoms with van der Waals surface area (Å²) in [5, 5.41) is 7.18. The van der Waals surface area contributed by atoms with Gasteiger partial charge in [0.1, 0.15) is 5.75 Å². The van der Waals surface area contributed by atoms with Crippen LogP contribution in [-0.4, -0.2) is 24.2 Å². The van der Waals surface area contributed by atoms with E-state index in [-0.39, 0.29) is 12.1 Å². The lowest BCUT2D eigenvalue weighted by Crippen LogP contribution is -2.42. The summed E-state index contributed by atoms with van der Waals surface area (Å²) < 4.78 is 5.32. The summed E-state index contributed by atoms with van der Waals surface area (Å²) in [5.74, 6) is 0.853. The number of carbonyl (C=O) groups excluding carboxylic acids is 1. The number of fused-ring (bicyclic) bond motifs is 3. The fourth-order valence-electron chi connectivity index (χ4n) is 3.50. The number of urea groups is 1. The molecule has 1 atom stereocenters. The van der Waals surface area contributed by atoms with Gasteiger partial charge in [-0.25, -0.2) is 4.79 Å². The molecule has 5 nitrogen and oxygen atoms in total. The molecule has 0 saturated carbocycles. The zero-order valence-electron chi connectivity index (χ0n) is 14.1. The summed E-state index contributed by atoms with van der Waals surface area (Å²) in [5.41, 5.74) is 4.70. The lowest BCUT2D eigenvalue weighted by atomic mass is 10.1. The van der Waals surface area contributed by atoms with E-state index in [9.17, 15) is 4.79 Å². The summed E-state index contributed by atoms with van der Waals surface area (Å²) in [6.45, 7) is 0.533. The predicted octanol–water partition coefficient (Wildman–Crippen LogP) is 3.14. The van der Waals surface area contributed by atoms with Gasteiger partial charge >= 0.3 is 6.03 Å². The highest BCUT2D eigenvalue weighted by Crippen LogP contribution is 2.32. The second kappa shape index (κ2) is 6.51. The molecule has 1 aliphatic rings. The maximum atomic E-state index is 12.2. The van der Waals surface area contributed by atoms with E-state index in [0.717, 1.165) is 29.7 Å². The van der Waals surface area contributed by atoms with E-state index >= 15 is 0 Å². The van der Waals surface area contributed by atoms with Gasteiger partial charge in [-0.2, -0.15) is 0 Å². The lowest BCUT2D eigenvalue weighted by Gasteiger charge is -2.13. The van der Waals surface area contributed by atoms with Gasteiger partial charge in [-0.15, -0.1) is 0 Å². The second-order valence-corrected chi connectivity index (χ2v) is 6.41. The Morgan fingerprint density at radius 1 is 1.20 bits per heavy atom. The van der Waals surface area contributed by atoms with E-state index in [4.69, 9.17) is 4.74 Å². The molecule has 0 spiro atoms. The Morgan fingerprint density at radius 2 is 2.04 bits per heavy atom. The number of ether oxygens (including phenoxy) is 1. The van der Waals surface area contributed by atoms with Crippen LogP contribution >= 0.6 is 0 Å². The van der Waals surface area contributed by atoms with E-state index in [1.807, 2.05) is 42.5 Å². The van der Waals surface area contributed by atoms with Crippen LogP contribution in [0, 0.1) is 0 Å². The lowest BCUT2D eigenvalue weighted by molar-refractivity contribution is 0.237. The Morgan fingerprint density at radius 3 is 2.84 bits per heavy atom. The second-order valence-electron chi connectivity index (χ2n) is 6.41. The molecule has 3 N–H and O–H groups in total. The number of hydrogen-bond donors (Lipinski definition) is 3. The number of amides is 2. The van der Waals surface area contributed by atoms with Crippen LogP contribution in [0.5, 0.6) is 5.75 Å². The number of nitrogens with one attached hydrogen (secondary N) is 3. The molecule has 2 amide bonds. The Balaban J connectivity index is 1.39. The van der Waals surface area contributed by atoms with Crippen molar-refractivity contribution in [2.75, 3.05) is 7.11 Å². The Labute approximate surface area is 146 Å². The fourth-order valence-corrected chi connectivity index (χ4v) is 3.50. The van der Waals surface area contributed by atoms with Crippen molar-refractivity contribution in [3.63, 3.8) is 0 Å². The Kier molecular flexibility index (Phi) is 4.06. The van der Waals surface area contributed by atoms with Crippen molar-refractivity contribution in [3.05, 3.63) is 65.4 Å². The Hall–Kier alpha value is -2.95. The summed E-state index contributed by atoms with van der Waals surface area (Å²) in [6.07, 6.45) is 1.66. The molecular formula is C20H21N3O2. The quantitative estimate of drug-likeness (QED) is 0.686. The molecule has 0 fully saturated rings.